The largest absolute Gasteiger partial charge is 0.493 e. The van der Waals surface area contributed by atoms with E-state index in [1.807, 2.05) is 6.07 Å². The number of hydrogen-bond donors (Lipinski definition) is 1. The van der Waals surface area contributed by atoms with Crippen LogP contribution in [0.4, 0.5) is 8.78 Å². The molecule has 1 N–H and O–H groups in total. The van der Waals surface area contributed by atoms with E-state index in [9.17, 15) is 13.6 Å². The van der Waals surface area contributed by atoms with Gasteiger partial charge < -0.3 is 19.9 Å². The van der Waals surface area contributed by atoms with Crippen LogP contribution in [0.25, 0.3) is 11.1 Å². The van der Waals surface area contributed by atoms with E-state index in [4.69, 9.17) is 4.74 Å². The number of rotatable bonds is 10. The molecule has 8 heteroatoms. The number of hydrogen-bond acceptors (Lipinski definition) is 5. The number of nitrogens with one attached hydrogen (secondary N) is 1. The third-order valence-corrected chi connectivity index (χ3v) is 6.25. The molecule has 0 saturated carbocycles. The van der Waals surface area contributed by atoms with Crippen LogP contribution < -0.4 is 10.1 Å². The molecule has 36 heavy (non-hydrogen) atoms. The number of benzene rings is 2. The van der Waals surface area contributed by atoms with Gasteiger partial charge in [0.25, 0.3) is 0 Å². The van der Waals surface area contributed by atoms with Crippen molar-refractivity contribution in [1.82, 2.24) is 20.1 Å². The molecule has 0 bridgehead atoms. The van der Waals surface area contributed by atoms with Crippen LogP contribution in [0, 0.1) is 11.6 Å². The molecule has 1 aliphatic heterocycles. The van der Waals surface area contributed by atoms with E-state index >= 15 is 0 Å². The van der Waals surface area contributed by atoms with Gasteiger partial charge in [-0.25, -0.2) is 8.78 Å². The first-order chi connectivity index (χ1) is 17.4. The summed E-state index contributed by atoms with van der Waals surface area (Å²) in [6.45, 7) is 5.96. The number of nitrogens with zero attached hydrogens (tertiary/aromatic N) is 3. The Morgan fingerprint density at radius 1 is 0.972 bits per heavy atom. The van der Waals surface area contributed by atoms with Gasteiger partial charge in [-0.1, -0.05) is 18.2 Å². The molecular formula is C28H32F2N4O2. The molecule has 1 fully saturated rings. The molecule has 0 aliphatic carbocycles. The molecule has 4 rings (SSSR count). The molecule has 1 aliphatic rings. The Labute approximate surface area is 210 Å². The van der Waals surface area contributed by atoms with Gasteiger partial charge in [-0.05, 0) is 54.9 Å². The van der Waals surface area contributed by atoms with E-state index in [1.54, 1.807) is 30.5 Å². The summed E-state index contributed by atoms with van der Waals surface area (Å²) in [6, 6.07) is 14.3. The second-order valence-corrected chi connectivity index (χ2v) is 9.14. The summed E-state index contributed by atoms with van der Waals surface area (Å²) >= 11 is 0. The van der Waals surface area contributed by atoms with Crippen molar-refractivity contribution >= 4 is 5.91 Å². The highest BCUT2D eigenvalue weighted by atomic mass is 19.1. The SMILES string of the molecule is CN1CCN(CCCOc2cc(F)cc(CNC(=O)Cc3ccc(-c4ccc(F)cc4)cn3)c2)CC1. The molecular weight excluding hydrogens is 462 g/mol. The van der Waals surface area contributed by atoms with E-state index in [0.29, 0.717) is 23.6 Å². The summed E-state index contributed by atoms with van der Waals surface area (Å²) in [5.74, 6) is -0.432. The summed E-state index contributed by atoms with van der Waals surface area (Å²) in [7, 11) is 2.13. The fraction of sp³-hybridized carbons (Fsp3) is 0.357. The zero-order valence-electron chi connectivity index (χ0n) is 20.6. The summed E-state index contributed by atoms with van der Waals surface area (Å²) < 4.78 is 33.0. The molecule has 6 nitrogen and oxygen atoms in total. The van der Waals surface area contributed by atoms with Crippen molar-refractivity contribution in [2.75, 3.05) is 46.4 Å². The van der Waals surface area contributed by atoms with Crippen molar-refractivity contribution in [3.05, 3.63) is 83.7 Å². The monoisotopic (exact) mass is 494 g/mol. The Balaban J connectivity index is 1.21. The summed E-state index contributed by atoms with van der Waals surface area (Å²) in [4.78, 5) is 21.5. The third kappa shape index (κ3) is 7.83. The van der Waals surface area contributed by atoms with Gasteiger partial charge in [0.15, 0.2) is 0 Å². The predicted octanol–water partition coefficient (Wildman–Crippen LogP) is 3.90. The maximum absolute atomic E-state index is 14.1. The lowest BCUT2D eigenvalue weighted by molar-refractivity contribution is -0.120. The number of pyridine rings is 1. The number of carbonyl (C=O) groups excluding carboxylic acids is 1. The van der Waals surface area contributed by atoms with Crippen molar-refractivity contribution in [2.45, 2.75) is 19.4 Å². The first-order valence-corrected chi connectivity index (χ1v) is 12.3. The van der Waals surface area contributed by atoms with Crippen LogP contribution in [0.1, 0.15) is 17.7 Å². The van der Waals surface area contributed by atoms with Gasteiger partial charge >= 0.3 is 0 Å². The number of halogens is 2. The zero-order valence-corrected chi connectivity index (χ0v) is 20.6. The predicted molar refractivity (Wildman–Crippen MR) is 136 cm³/mol. The Bertz CT molecular complexity index is 1130. The quantitative estimate of drug-likeness (QED) is 0.434. The summed E-state index contributed by atoms with van der Waals surface area (Å²) in [6.07, 6.45) is 2.64. The molecule has 2 aromatic carbocycles. The van der Waals surface area contributed by atoms with E-state index in [0.717, 1.165) is 50.3 Å². The van der Waals surface area contributed by atoms with Crippen molar-refractivity contribution in [1.29, 1.82) is 0 Å². The normalized spacial score (nSPS) is 14.5. The average molecular weight is 495 g/mol. The van der Waals surface area contributed by atoms with Crippen LogP contribution in [0.15, 0.2) is 60.8 Å². The van der Waals surface area contributed by atoms with Crippen molar-refractivity contribution in [3.8, 4) is 16.9 Å². The van der Waals surface area contributed by atoms with Crippen molar-refractivity contribution < 1.29 is 18.3 Å². The maximum atomic E-state index is 14.1. The number of carbonyl (C=O) groups is 1. The molecule has 0 radical (unpaired) electrons. The lowest BCUT2D eigenvalue weighted by Gasteiger charge is -2.32. The minimum atomic E-state index is -0.395. The Kier molecular flexibility index (Phi) is 8.97. The minimum Gasteiger partial charge on any atom is -0.493 e. The fourth-order valence-electron chi connectivity index (χ4n) is 4.13. The van der Waals surface area contributed by atoms with Gasteiger partial charge in [0.05, 0.1) is 13.0 Å². The van der Waals surface area contributed by atoms with Crippen LogP contribution in [0.5, 0.6) is 5.75 Å². The molecule has 1 aromatic heterocycles. The highest BCUT2D eigenvalue weighted by Gasteiger charge is 2.13. The molecule has 0 spiro atoms. The summed E-state index contributed by atoms with van der Waals surface area (Å²) in [5, 5.41) is 2.81. The molecule has 1 saturated heterocycles. The average Bonchev–Trinajstić information content (AvgIpc) is 2.87. The fourth-order valence-corrected chi connectivity index (χ4v) is 4.13. The van der Waals surface area contributed by atoms with Gasteiger partial charge in [-0.15, -0.1) is 0 Å². The van der Waals surface area contributed by atoms with E-state index < -0.39 is 5.82 Å². The van der Waals surface area contributed by atoms with Gasteiger partial charge in [0, 0.05) is 62.8 Å². The number of likely N-dealkylation sites (N-methyl/N-ethyl adjacent to an activating group) is 1. The van der Waals surface area contributed by atoms with Crippen LogP contribution in [-0.4, -0.2) is 67.1 Å². The Morgan fingerprint density at radius 2 is 1.72 bits per heavy atom. The van der Waals surface area contributed by atoms with Crippen LogP contribution in [0.2, 0.25) is 0 Å². The minimum absolute atomic E-state index is 0.106. The van der Waals surface area contributed by atoms with Crippen LogP contribution >= 0.6 is 0 Å². The highest BCUT2D eigenvalue weighted by molar-refractivity contribution is 5.78. The Hall–Kier alpha value is -3.36. The molecule has 0 unspecified atom stereocenters. The van der Waals surface area contributed by atoms with E-state index in [1.165, 1.54) is 24.3 Å². The van der Waals surface area contributed by atoms with Gasteiger partial charge in [-0.2, -0.15) is 0 Å². The number of ether oxygens (including phenoxy) is 1. The van der Waals surface area contributed by atoms with Gasteiger partial charge in [0.1, 0.15) is 17.4 Å². The lowest BCUT2D eigenvalue weighted by atomic mass is 10.1. The molecule has 1 amide bonds. The molecule has 2 heterocycles. The smallest absolute Gasteiger partial charge is 0.226 e. The second kappa shape index (κ2) is 12.6. The zero-order chi connectivity index (χ0) is 25.3. The standard InChI is InChI=1S/C28H32F2N4O2/c1-33-10-12-34(13-11-33)9-2-14-36-27-16-21(15-25(30)17-27)19-32-28(35)18-26-8-5-23(20-31-26)22-3-6-24(29)7-4-22/h3-8,15-17,20H,2,9-14,18-19H2,1H3,(H,32,35). The molecule has 3 aromatic rings. The first-order valence-electron chi connectivity index (χ1n) is 12.3. The Morgan fingerprint density at radius 3 is 2.44 bits per heavy atom. The van der Waals surface area contributed by atoms with Gasteiger partial charge in [-0.3, -0.25) is 9.78 Å². The second-order valence-electron chi connectivity index (χ2n) is 9.14. The molecule has 0 atom stereocenters. The summed E-state index contributed by atoms with van der Waals surface area (Å²) in [5.41, 5.74) is 2.94. The van der Waals surface area contributed by atoms with Crippen molar-refractivity contribution in [2.24, 2.45) is 0 Å². The van der Waals surface area contributed by atoms with E-state index in [2.05, 4.69) is 27.1 Å². The van der Waals surface area contributed by atoms with Crippen LogP contribution in [-0.2, 0) is 17.8 Å². The number of piperazine rings is 1. The first kappa shape index (κ1) is 25.7. The van der Waals surface area contributed by atoms with Crippen molar-refractivity contribution in [3.63, 3.8) is 0 Å². The maximum Gasteiger partial charge on any atom is 0.226 e. The lowest BCUT2D eigenvalue weighted by Crippen LogP contribution is -2.44. The van der Waals surface area contributed by atoms with Crippen LogP contribution in [0.3, 0.4) is 0 Å². The highest BCUT2D eigenvalue weighted by Crippen LogP contribution is 2.19. The third-order valence-electron chi connectivity index (χ3n) is 6.25. The molecule has 190 valence electrons. The number of amides is 1. The van der Waals surface area contributed by atoms with E-state index in [-0.39, 0.29) is 24.7 Å². The topological polar surface area (TPSA) is 57.7 Å². The number of aromatic nitrogens is 1. The van der Waals surface area contributed by atoms with Gasteiger partial charge in [0.2, 0.25) is 5.91 Å².